The van der Waals surface area contributed by atoms with Crippen LogP contribution in [0.25, 0.3) is 0 Å². The molecular weight excluding hydrogens is 346 g/mol. The Morgan fingerprint density at radius 3 is 2.75 bits per heavy atom. The van der Waals surface area contributed by atoms with Gasteiger partial charge < -0.3 is 10.6 Å². The molecule has 134 valence electrons. The smallest absolute Gasteiger partial charge is 0.253 e. The first kappa shape index (κ1) is 17.8. The summed E-state index contributed by atoms with van der Waals surface area (Å²) in [6.45, 7) is 5.52. The molecule has 0 bridgehead atoms. The lowest BCUT2D eigenvalue weighted by Gasteiger charge is -2.29. The normalized spacial score (nSPS) is 28.6. The molecule has 2 N–H and O–H groups in total. The molecular formula is C16H25N3O3S2. The Morgan fingerprint density at radius 2 is 2.17 bits per heavy atom. The predicted octanol–water partition coefficient (Wildman–Crippen LogP) is 1.41. The van der Waals surface area contributed by atoms with E-state index in [2.05, 4.69) is 0 Å². The average molecular weight is 372 g/mol. The highest BCUT2D eigenvalue weighted by molar-refractivity contribution is 7.91. The number of carbonyl (C=O) groups excluding carboxylic acids is 1. The minimum absolute atomic E-state index is 0.0622. The summed E-state index contributed by atoms with van der Waals surface area (Å²) < 4.78 is 27.6. The van der Waals surface area contributed by atoms with Crippen molar-refractivity contribution in [1.29, 1.82) is 0 Å². The number of likely N-dealkylation sites (tertiary alicyclic amines) is 1. The van der Waals surface area contributed by atoms with Gasteiger partial charge in [0.2, 0.25) is 5.91 Å². The number of carbonyl (C=O) groups is 1. The number of amides is 1. The van der Waals surface area contributed by atoms with Crippen LogP contribution in [0.5, 0.6) is 0 Å². The van der Waals surface area contributed by atoms with Crippen molar-refractivity contribution in [2.45, 2.75) is 49.4 Å². The van der Waals surface area contributed by atoms with E-state index in [1.54, 1.807) is 12.1 Å². The van der Waals surface area contributed by atoms with E-state index < -0.39 is 16.1 Å². The Hall–Kier alpha value is -0.960. The maximum atomic E-state index is 13.0. The predicted molar refractivity (Wildman–Crippen MR) is 94.3 cm³/mol. The lowest BCUT2D eigenvalue weighted by Crippen LogP contribution is -2.48. The maximum absolute atomic E-state index is 13.0. The summed E-state index contributed by atoms with van der Waals surface area (Å²) in [4.78, 5) is 15.8. The van der Waals surface area contributed by atoms with E-state index in [0.717, 1.165) is 17.7 Å². The van der Waals surface area contributed by atoms with Crippen molar-refractivity contribution in [3.63, 3.8) is 0 Å². The first-order valence-electron chi connectivity index (χ1n) is 8.43. The molecule has 2 saturated heterocycles. The van der Waals surface area contributed by atoms with E-state index in [1.165, 1.54) is 15.6 Å². The third-order valence-electron chi connectivity index (χ3n) is 5.05. The molecule has 1 aromatic heterocycles. The monoisotopic (exact) mass is 371 g/mol. The van der Waals surface area contributed by atoms with Crippen molar-refractivity contribution in [3.05, 3.63) is 17.0 Å². The zero-order valence-corrected chi connectivity index (χ0v) is 15.8. The lowest BCUT2D eigenvalue weighted by molar-refractivity contribution is -0.135. The SMILES string of the molecule is Cc1ccc(S(=O)(=O)N2CCCC2C(=O)N2CC(CN)CC2C)s1. The molecule has 3 rings (SSSR count). The van der Waals surface area contributed by atoms with Crippen LogP contribution in [0.2, 0.25) is 0 Å². The zero-order valence-electron chi connectivity index (χ0n) is 14.1. The number of hydrogen-bond donors (Lipinski definition) is 1. The second-order valence-corrected chi connectivity index (χ2v) is 10.2. The van der Waals surface area contributed by atoms with Gasteiger partial charge in [0.05, 0.1) is 0 Å². The second kappa shape index (κ2) is 6.74. The molecule has 24 heavy (non-hydrogen) atoms. The van der Waals surface area contributed by atoms with Gasteiger partial charge in [0.1, 0.15) is 10.3 Å². The third-order valence-corrected chi connectivity index (χ3v) is 8.42. The molecule has 0 saturated carbocycles. The Morgan fingerprint density at radius 1 is 1.42 bits per heavy atom. The van der Waals surface area contributed by atoms with Gasteiger partial charge in [-0.3, -0.25) is 4.79 Å². The van der Waals surface area contributed by atoms with Gasteiger partial charge in [0, 0.05) is 24.0 Å². The van der Waals surface area contributed by atoms with Crippen LogP contribution in [0.15, 0.2) is 16.3 Å². The fourth-order valence-corrected chi connectivity index (χ4v) is 6.82. The van der Waals surface area contributed by atoms with Crippen molar-refractivity contribution in [3.8, 4) is 0 Å². The number of rotatable bonds is 4. The van der Waals surface area contributed by atoms with Gasteiger partial charge in [0.25, 0.3) is 10.0 Å². The number of nitrogens with two attached hydrogens (primary N) is 1. The van der Waals surface area contributed by atoms with Crippen molar-refractivity contribution in [2.75, 3.05) is 19.6 Å². The van der Waals surface area contributed by atoms with Gasteiger partial charge in [-0.2, -0.15) is 4.31 Å². The Bertz CT molecular complexity index is 716. The minimum Gasteiger partial charge on any atom is -0.338 e. The fraction of sp³-hybridized carbons (Fsp3) is 0.688. The summed E-state index contributed by atoms with van der Waals surface area (Å²) in [7, 11) is -3.60. The zero-order chi connectivity index (χ0) is 17.5. The standard InChI is InChI=1S/C16H25N3O3S2/c1-11-8-13(9-17)10-18(11)16(20)14-4-3-7-19(14)24(21,22)15-6-5-12(2)23-15/h5-6,11,13-14H,3-4,7-10,17H2,1-2H3. The molecule has 0 radical (unpaired) electrons. The highest BCUT2D eigenvalue weighted by Gasteiger charge is 2.44. The summed E-state index contributed by atoms with van der Waals surface area (Å²) in [6.07, 6.45) is 2.22. The Kier molecular flexibility index (Phi) is 5.01. The van der Waals surface area contributed by atoms with Crippen LogP contribution in [0.4, 0.5) is 0 Å². The van der Waals surface area contributed by atoms with E-state index in [9.17, 15) is 13.2 Å². The fourth-order valence-electron chi connectivity index (χ4n) is 3.75. The minimum atomic E-state index is -3.60. The van der Waals surface area contributed by atoms with E-state index in [-0.39, 0.29) is 11.9 Å². The molecule has 3 atom stereocenters. The van der Waals surface area contributed by atoms with Crippen LogP contribution < -0.4 is 5.73 Å². The van der Waals surface area contributed by atoms with Gasteiger partial charge in [-0.1, -0.05) is 0 Å². The summed E-state index contributed by atoms with van der Waals surface area (Å²) in [5, 5.41) is 0. The number of aryl methyl sites for hydroxylation is 1. The van der Waals surface area contributed by atoms with Crippen molar-refractivity contribution in [1.82, 2.24) is 9.21 Å². The second-order valence-electron chi connectivity index (χ2n) is 6.82. The highest BCUT2D eigenvalue weighted by atomic mass is 32.2. The van der Waals surface area contributed by atoms with Crippen LogP contribution in [0, 0.1) is 12.8 Å². The Balaban J connectivity index is 1.82. The Labute approximate surface area is 147 Å². The highest BCUT2D eigenvalue weighted by Crippen LogP contribution is 2.32. The molecule has 3 unspecified atom stereocenters. The molecule has 1 aromatic rings. The number of thiophene rings is 1. The van der Waals surface area contributed by atoms with Gasteiger partial charge >= 0.3 is 0 Å². The maximum Gasteiger partial charge on any atom is 0.253 e. The summed E-state index contributed by atoms with van der Waals surface area (Å²) >= 11 is 1.26. The lowest BCUT2D eigenvalue weighted by atomic mass is 10.1. The molecule has 8 heteroatoms. The molecule has 2 fully saturated rings. The molecule has 0 aromatic carbocycles. The third kappa shape index (κ3) is 3.12. The summed E-state index contributed by atoms with van der Waals surface area (Å²) in [6, 6.07) is 2.99. The van der Waals surface area contributed by atoms with Gasteiger partial charge in [0.15, 0.2) is 0 Å². The molecule has 3 heterocycles. The molecule has 0 aliphatic carbocycles. The molecule has 1 amide bonds. The molecule has 2 aliphatic rings. The van der Waals surface area contributed by atoms with Gasteiger partial charge in [-0.25, -0.2) is 8.42 Å². The van der Waals surface area contributed by atoms with Crippen LogP contribution in [0.3, 0.4) is 0 Å². The van der Waals surface area contributed by atoms with Gasteiger partial charge in [-0.15, -0.1) is 11.3 Å². The number of hydrogen-bond acceptors (Lipinski definition) is 5. The first-order valence-corrected chi connectivity index (χ1v) is 10.7. The van der Waals surface area contributed by atoms with Crippen molar-refractivity contribution >= 4 is 27.3 Å². The summed E-state index contributed by atoms with van der Waals surface area (Å²) in [5.41, 5.74) is 5.74. The quantitative estimate of drug-likeness (QED) is 0.867. The number of nitrogens with zero attached hydrogens (tertiary/aromatic N) is 2. The first-order chi connectivity index (χ1) is 11.3. The largest absolute Gasteiger partial charge is 0.338 e. The van der Waals surface area contributed by atoms with E-state index >= 15 is 0 Å². The van der Waals surface area contributed by atoms with Gasteiger partial charge in [-0.05, 0) is 57.7 Å². The van der Waals surface area contributed by atoms with Crippen molar-refractivity contribution < 1.29 is 13.2 Å². The van der Waals surface area contributed by atoms with E-state index in [0.29, 0.717) is 36.2 Å². The summed E-state index contributed by atoms with van der Waals surface area (Å²) in [5.74, 6) is 0.253. The van der Waals surface area contributed by atoms with Crippen LogP contribution in [-0.4, -0.2) is 55.2 Å². The van der Waals surface area contributed by atoms with Crippen LogP contribution in [0.1, 0.15) is 31.1 Å². The van der Waals surface area contributed by atoms with E-state index in [1.807, 2.05) is 18.7 Å². The van der Waals surface area contributed by atoms with E-state index in [4.69, 9.17) is 5.73 Å². The average Bonchev–Trinajstić information content (AvgIpc) is 3.25. The topological polar surface area (TPSA) is 83.7 Å². The molecule has 0 spiro atoms. The van der Waals surface area contributed by atoms with Crippen molar-refractivity contribution in [2.24, 2.45) is 11.7 Å². The molecule has 2 aliphatic heterocycles. The molecule has 6 nitrogen and oxygen atoms in total. The van der Waals surface area contributed by atoms with Crippen LogP contribution in [-0.2, 0) is 14.8 Å². The number of sulfonamides is 1. The van der Waals surface area contributed by atoms with Crippen LogP contribution >= 0.6 is 11.3 Å².